The van der Waals surface area contributed by atoms with E-state index in [-0.39, 0.29) is 23.0 Å². The number of nitrogens with one attached hydrogen (secondary N) is 1. The third-order valence-corrected chi connectivity index (χ3v) is 4.13. The second kappa shape index (κ2) is 9.07. The first-order valence-corrected chi connectivity index (χ1v) is 9.44. The van der Waals surface area contributed by atoms with E-state index >= 15 is 0 Å². The van der Waals surface area contributed by atoms with Gasteiger partial charge in [-0.2, -0.15) is 0 Å². The SMILES string of the molecule is CC(C)CN(CC(C)C)c1ncnc(Nc2ccc(Br)cc2F)c1[N+](=O)[O-]. The highest BCUT2D eigenvalue weighted by Crippen LogP contribution is 2.35. The number of nitro groups is 1. The number of benzene rings is 1. The molecule has 1 heterocycles. The molecule has 0 atom stereocenters. The van der Waals surface area contributed by atoms with Gasteiger partial charge in [0.1, 0.15) is 12.1 Å². The Balaban J connectivity index is 2.50. The van der Waals surface area contributed by atoms with Crippen molar-refractivity contribution in [3.63, 3.8) is 0 Å². The summed E-state index contributed by atoms with van der Waals surface area (Å²) in [7, 11) is 0. The van der Waals surface area contributed by atoms with Crippen molar-refractivity contribution in [2.45, 2.75) is 27.7 Å². The summed E-state index contributed by atoms with van der Waals surface area (Å²) in [4.78, 5) is 21.3. The van der Waals surface area contributed by atoms with Gasteiger partial charge in [0.05, 0.1) is 10.6 Å². The van der Waals surface area contributed by atoms with Gasteiger partial charge in [0, 0.05) is 17.6 Å². The zero-order valence-electron chi connectivity index (χ0n) is 15.7. The van der Waals surface area contributed by atoms with Crippen molar-refractivity contribution in [2.24, 2.45) is 11.8 Å². The predicted molar refractivity (Wildman–Crippen MR) is 108 cm³/mol. The molecule has 7 nitrogen and oxygen atoms in total. The lowest BCUT2D eigenvalue weighted by Gasteiger charge is -2.27. The molecule has 0 aliphatic carbocycles. The minimum absolute atomic E-state index is 0.0382. The van der Waals surface area contributed by atoms with Crippen LogP contribution in [0.3, 0.4) is 0 Å². The van der Waals surface area contributed by atoms with E-state index in [9.17, 15) is 14.5 Å². The van der Waals surface area contributed by atoms with Crippen LogP contribution >= 0.6 is 15.9 Å². The van der Waals surface area contributed by atoms with Crippen LogP contribution in [0.15, 0.2) is 29.0 Å². The minimum Gasteiger partial charge on any atom is -0.350 e. The molecule has 0 bridgehead atoms. The van der Waals surface area contributed by atoms with Gasteiger partial charge in [-0.3, -0.25) is 10.1 Å². The summed E-state index contributed by atoms with van der Waals surface area (Å²) in [6.07, 6.45) is 1.26. The van der Waals surface area contributed by atoms with E-state index in [0.717, 1.165) is 0 Å². The van der Waals surface area contributed by atoms with E-state index in [1.807, 2.05) is 32.6 Å². The van der Waals surface area contributed by atoms with E-state index < -0.39 is 10.7 Å². The number of halogens is 2. The molecular formula is C18H23BrFN5O2. The number of aromatic nitrogens is 2. The van der Waals surface area contributed by atoms with E-state index in [0.29, 0.717) is 29.4 Å². The van der Waals surface area contributed by atoms with Crippen LogP contribution in [0.4, 0.5) is 27.4 Å². The lowest BCUT2D eigenvalue weighted by atomic mass is 10.1. The van der Waals surface area contributed by atoms with Crippen molar-refractivity contribution in [2.75, 3.05) is 23.3 Å². The standard InChI is InChI=1S/C18H23BrFN5O2/c1-11(2)8-24(9-12(3)4)18-16(25(26)27)17(21-10-22-18)23-15-6-5-13(19)7-14(15)20/h5-7,10-12H,8-9H2,1-4H3,(H,21,22,23). The maximum atomic E-state index is 14.2. The maximum absolute atomic E-state index is 14.2. The molecule has 1 aromatic carbocycles. The Morgan fingerprint density at radius 1 is 1.22 bits per heavy atom. The highest BCUT2D eigenvalue weighted by molar-refractivity contribution is 9.10. The summed E-state index contributed by atoms with van der Waals surface area (Å²) in [5, 5.41) is 14.5. The van der Waals surface area contributed by atoms with Gasteiger partial charge in [-0.15, -0.1) is 0 Å². The third kappa shape index (κ3) is 5.59. The average Bonchev–Trinajstić information content (AvgIpc) is 2.55. The first-order chi connectivity index (χ1) is 12.7. The molecule has 2 rings (SSSR count). The molecular weight excluding hydrogens is 417 g/mol. The van der Waals surface area contributed by atoms with Crippen molar-refractivity contribution >= 4 is 38.9 Å². The topological polar surface area (TPSA) is 84.2 Å². The molecule has 0 unspecified atom stereocenters. The molecule has 146 valence electrons. The van der Waals surface area contributed by atoms with Crippen molar-refractivity contribution in [3.8, 4) is 0 Å². The number of hydrogen-bond donors (Lipinski definition) is 1. The van der Waals surface area contributed by atoms with Crippen LogP contribution in [0.25, 0.3) is 0 Å². The van der Waals surface area contributed by atoms with Crippen LogP contribution in [0.1, 0.15) is 27.7 Å². The molecule has 0 aliphatic rings. The van der Waals surface area contributed by atoms with Gasteiger partial charge in [0.25, 0.3) is 0 Å². The van der Waals surface area contributed by atoms with Crippen LogP contribution in [0.5, 0.6) is 0 Å². The fraction of sp³-hybridized carbons (Fsp3) is 0.444. The van der Waals surface area contributed by atoms with Gasteiger partial charge in [-0.05, 0) is 30.0 Å². The Labute approximate surface area is 166 Å². The smallest absolute Gasteiger partial charge is 0.350 e. The molecule has 0 spiro atoms. The van der Waals surface area contributed by atoms with Crippen LogP contribution < -0.4 is 10.2 Å². The van der Waals surface area contributed by atoms with Gasteiger partial charge < -0.3 is 10.2 Å². The Morgan fingerprint density at radius 2 is 1.85 bits per heavy atom. The molecule has 0 fully saturated rings. The Morgan fingerprint density at radius 3 is 2.37 bits per heavy atom. The summed E-state index contributed by atoms with van der Waals surface area (Å²) >= 11 is 3.19. The molecule has 0 saturated heterocycles. The molecule has 0 aliphatic heterocycles. The van der Waals surface area contributed by atoms with Crippen LogP contribution in [0, 0.1) is 27.8 Å². The molecule has 0 saturated carbocycles. The summed E-state index contributed by atoms with van der Waals surface area (Å²) in [5.74, 6) is 0.235. The molecule has 1 N–H and O–H groups in total. The second-order valence-corrected chi connectivity index (χ2v) is 8.01. The average molecular weight is 440 g/mol. The first kappa shape index (κ1) is 21.0. The fourth-order valence-electron chi connectivity index (χ4n) is 2.71. The second-order valence-electron chi connectivity index (χ2n) is 7.09. The Hall–Kier alpha value is -2.29. The molecule has 0 radical (unpaired) electrons. The van der Waals surface area contributed by atoms with E-state index in [2.05, 4.69) is 31.2 Å². The molecule has 9 heteroatoms. The van der Waals surface area contributed by atoms with Gasteiger partial charge in [-0.25, -0.2) is 14.4 Å². The summed E-state index contributed by atoms with van der Waals surface area (Å²) in [6, 6.07) is 4.41. The molecule has 0 amide bonds. The maximum Gasteiger partial charge on any atom is 0.353 e. The summed E-state index contributed by atoms with van der Waals surface area (Å²) in [6.45, 7) is 9.38. The van der Waals surface area contributed by atoms with Gasteiger partial charge in [-0.1, -0.05) is 43.6 Å². The number of hydrogen-bond acceptors (Lipinski definition) is 6. The molecule has 2 aromatic rings. The third-order valence-electron chi connectivity index (χ3n) is 3.64. The van der Waals surface area contributed by atoms with E-state index in [1.165, 1.54) is 18.5 Å². The van der Waals surface area contributed by atoms with Gasteiger partial charge >= 0.3 is 5.69 Å². The quantitative estimate of drug-likeness (QED) is 0.452. The minimum atomic E-state index is -0.542. The zero-order valence-corrected chi connectivity index (χ0v) is 17.3. The van der Waals surface area contributed by atoms with Crippen molar-refractivity contribution in [1.82, 2.24) is 9.97 Å². The monoisotopic (exact) mass is 439 g/mol. The van der Waals surface area contributed by atoms with Crippen molar-refractivity contribution in [3.05, 3.63) is 44.9 Å². The first-order valence-electron chi connectivity index (χ1n) is 8.65. The summed E-state index contributed by atoms with van der Waals surface area (Å²) < 4.78 is 14.7. The summed E-state index contributed by atoms with van der Waals surface area (Å²) in [5.41, 5.74) is -0.161. The normalized spacial score (nSPS) is 11.1. The Kier molecular flexibility index (Phi) is 7.06. The van der Waals surface area contributed by atoms with Crippen LogP contribution in [0.2, 0.25) is 0 Å². The largest absolute Gasteiger partial charge is 0.353 e. The zero-order chi connectivity index (χ0) is 20.1. The predicted octanol–water partition coefficient (Wildman–Crippen LogP) is 5.15. The van der Waals surface area contributed by atoms with E-state index in [1.54, 1.807) is 6.07 Å². The van der Waals surface area contributed by atoms with Crippen molar-refractivity contribution < 1.29 is 9.31 Å². The lowest BCUT2D eigenvalue weighted by Crippen LogP contribution is -2.32. The fourth-order valence-corrected chi connectivity index (χ4v) is 3.04. The van der Waals surface area contributed by atoms with Gasteiger partial charge in [0.2, 0.25) is 11.6 Å². The Bertz CT molecular complexity index is 806. The van der Waals surface area contributed by atoms with E-state index in [4.69, 9.17) is 0 Å². The van der Waals surface area contributed by atoms with Crippen LogP contribution in [-0.4, -0.2) is 28.0 Å². The molecule has 27 heavy (non-hydrogen) atoms. The number of nitrogens with zero attached hydrogens (tertiary/aromatic N) is 4. The number of anilines is 3. The highest BCUT2D eigenvalue weighted by atomic mass is 79.9. The van der Waals surface area contributed by atoms with Gasteiger partial charge in [0.15, 0.2) is 0 Å². The molecule has 1 aromatic heterocycles. The number of rotatable bonds is 8. The lowest BCUT2D eigenvalue weighted by molar-refractivity contribution is -0.383. The van der Waals surface area contributed by atoms with Crippen molar-refractivity contribution in [1.29, 1.82) is 0 Å². The van der Waals surface area contributed by atoms with Crippen LogP contribution in [-0.2, 0) is 0 Å². The highest BCUT2D eigenvalue weighted by Gasteiger charge is 2.28.